The minimum absolute atomic E-state index is 0.0109. The van der Waals surface area contributed by atoms with E-state index in [1.165, 1.54) is 16.0 Å². The Morgan fingerprint density at radius 2 is 1.69 bits per heavy atom. The topological polar surface area (TPSA) is 116 Å². The lowest BCUT2D eigenvalue weighted by Crippen LogP contribution is -2.40. The van der Waals surface area contributed by atoms with Gasteiger partial charge in [0, 0.05) is 31.8 Å². The summed E-state index contributed by atoms with van der Waals surface area (Å²) >= 11 is 0. The molecule has 0 spiro atoms. The summed E-state index contributed by atoms with van der Waals surface area (Å²) in [7, 11) is 0. The standard InChI is InChI=1S/C27H32N2O6/c1-17(10-11-25(31)29-15-18(30)14-24(29)26(32)33)12-13-28-27(34)35-16-23-21-8-4-2-6-19(21)20-7-3-5-9-22(20)23/h2-9,17-18,23-24,30H,10-16H2,1H3,(H,28,34)(H,32,33)/t17?,18?,24-/m0/s1. The summed E-state index contributed by atoms with van der Waals surface area (Å²) in [6.07, 6.45) is 0.264. The third-order valence-electron chi connectivity index (χ3n) is 6.99. The van der Waals surface area contributed by atoms with E-state index in [0.717, 1.165) is 11.1 Å². The van der Waals surface area contributed by atoms with Crippen molar-refractivity contribution in [3.05, 3.63) is 59.7 Å². The van der Waals surface area contributed by atoms with Crippen LogP contribution in [-0.4, -0.2) is 64.9 Å². The van der Waals surface area contributed by atoms with Crippen LogP contribution in [0.1, 0.15) is 49.7 Å². The first-order chi connectivity index (χ1) is 16.8. The summed E-state index contributed by atoms with van der Waals surface area (Å²) < 4.78 is 5.54. The number of amides is 2. The van der Waals surface area contributed by atoms with Crippen LogP contribution in [0.5, 0.6) is 0 Å². The predicted octanol–water partition coefficient (Wildman–Crippen LogP) is 3.38. The number of aliphatic carboxylic acids is 1. The number of hydrogen-bond donors (Lipinski definition) is 3. The number of β-amino-alcohol motifs (C(OH)–C–C–N with tert-alkyl or cyclic N) is 1. The van der Waals surface area contributed by atoms with Crippen LogP contribution >= 0.6 is 0 Å². The Morgan fingerprint density at radius 3 is 2.31 bits per heavy atom. The van der Waals surface area contributed by atoms with Crippen LogP contribution in [0.15, 0.2) is 48.5 Å². The van der Waals surface area contributed by atoms with Gasteiger partial charge in [0.05, 0.1) is 6.10 Å². The number of aliphatic hydroxyl groups excluding tert-OH is 1. The highest BCUT2D eigenvalue weighted by molar-refractivity contribution is 5.84. The number of aliphatic hydroxyl groups is 1. The molecule has 0 bridgehead atoms. The molecule has 0 aromatic heterocycles. The molecular formula is C27H32N2O6. The van der Waals surface area contributed by atoms with Gasteiger partial charge in [0.1, 0.15) is 12.6 Å². The molecule has 3 N–H and O–H groups in total. The number of ether oxygens (including phenoxy) is 1. The molecule has 35 heavy (non-hydrogen) atoms. The van der Waals surface area contributed by atoms with Gasteiger partial charge in [-0.2, -0.15) is 0 Å². The highest BCUT2D eigenvalue weighted by atomic mass is 16.5. The number of fused-ring (bicyclic) bond motifs is 3. The summed E-state index contributed by atoms with van der Waals surface area (Å²) in [4.78, 5) is 37.3. The van der Waals surface area contributed by atoms with Crippen molar-refractivity contribution in [1.82, 2.24) is 10.2 Å². The number of carboxylic acids is 1. The molecule has 1 heterocycles. The van der Waals surface area contributed by atoms with Crippen molar-refractivity contribution in [3.63, 3.8) is 0 Å². The molecule has 8 nitrogen and oxygen atoms in total. The van der Waals surface area contributed by atoms with E-state index >= 15 is 0 Å². The molecule has 1 aliphatic heterocycles. The highest BCUT2D eigenvalue weighted by Gasteiger charge is 2.38. The predicted molar refractivity (Wildman–Crippen MR) is 130 cm³/mol. The van der Waals surface area contributed by atoms with Gasteiger partial charge in [-0.1, -0.05) is 55.5 Å². The fourth-order valence-corrected chi connectivity index (χ4v) is 5.05. The molecule has 1 fully saturated rings. The Morgan fingerprint density at radius 1 is 1.06 bits per heavy atom. The van der Waals surface area contributed by atoms with E-state index in [4.69, 9.17) is 4.74 Å². The molecule has 0 radical (unpaired) electrons. The van der Waals surface area contributed by atoms with Crippen molar-refractivity contribution >= 4 is 18.0 Å². The SMILES string of the molecule is CC(CCNC(=O)OCC1c2ccccc2-c2ccccc21)CCC(=O)N1CC(O)C[C@H]1C(=O)O. The number of nitrogens with one attached hydrogen (secondary N) is 1. The van der Waals surface area contributed by atoms with Crippen LogP contribution in [0.2, 0.25) is 0 Å². The van der Waals surface area contributed by atoms with Crippen LogP contribution in [0.25, 0.3) is 11.1 Å². The molecule has 8 heteroatoms. The number of likely N-dealkylation sites (tertiary alicyclic amines) is 1. The zero-order valence-electron chi connectivity index (χ0n) is 19.9. The number of hydrogen-bond acceptors (Lipinski definition) is 5. The summed E-state index contributed by atoms with van der Waals surface area (Å²) in [6, 6.07) is 15.4. The molecule has 1 aliphatic carbocycles. The van der Waals surface area contributed by atoms with Gasteiger partial charge in [-0.25, -0.2) is 9.59 Å². The number of carbonyl (C=O) groups is 3. The Labute approximate surface area is 204 Å². The van der Waals surface area contributed by atoms with Crippen LogP contribution in [0.4, 0.5) is 4.79 Å². The largest absolute Gasteiger partial charge is 0.480 e. The third-order valence-corrected chi connectivity index (χ3v) is 6.99. The molecule has 3 atom stereocenters. The lowest BCUT2D eigenvalue weighted by molar-refractivity contribution is -0.148. The van der Waals surface area contributed by atoms with Gasteiger partial charge < -0.3 is 25.2 Å². The lowest BCUT2D eigenvalue weighted by Gasteiger charge is -2.22. The van der Waals surface area contributed by atoms with E-state index < -0.39 is 24.2 Å². The van der Waals surface area contributed by atoms with E-state index in [9.17, 15) is 24.6 Å². The molecular weight excluding hydrogens is 448 g/mol. The second kappa shape index (κ2) is 10.9. The quantitative estimate of drug-likeness (QED) is 0.507. The Bertz CT molecular complexity index is 1040. The van der Waals surface area contributed by atoms with Gasteiger partial charge in [-0.05, 0) is 41.0 Å². The molecule has 2 aromatic carbocycles. The minimum Gasteiger partial charge on any atom is -0.480 e. The minimum atomic E-state index is -1.09. The van der Waals surface area contributed by atoms with Gasteiger partial charge in [-0.3, -0.25) is 4.79 Å². The van der Waals surface area contributed by atoms with Gasteiger partial charge >= 0.3 is 12.1 Å². The summed E-state index contributed by atoms with van der Waals surface area (Å²) in [5.74, 6) is -1.18. The second-order valence-corrected chi connectivity index (χ2v) is 9.47. The molecule has 2 aromatic rings. The van der Waals surface area contributed by atoms with E-state index in [2.05, 4.69) is 29.6 Å². The number of alkyl carbamates (subject to hydrolysis) is 1. The van der Waals surface area contributed by atoms with Crippen molar-refractivity contribution in [2.75, 3.05) is 19.7 Å². The van der Waals surface area contributed by atoms with E-state index in [1.807, 2.05) is 31.2 Å². The zero-order valence-corrected chi connectivity index (χ0v) is 19.9. The van der Waals surface area contributed by atoms with Crippen molar-refractivity contribution in [2.45, 2.75) is 50.7 Å². The number of carboxylic acid groups (broad SMARTS) is 1. The second-order valence-electron chi connectivity index (χ2n) is 9.47. The van der Waals surface area contributed by atoms with Gasteiger partial charge in [0.25, 0.3) is 0 Å². The number of nitrogens with zero attached hydrogens (tertiary/aromatic N) is 1. The van der Waals surface area contributed by atoms with E-state index in [-0.39, 0.29) is 43.7 Å². The van der Waals surface area contributed by atoms with Gasteiger partial charge in [0.2, 0.25) is 5.91 Å². The molecule has 186 valence electrons. The van der Waals surface area contributed by atoms with Gasteiger partial charge in [0.15, 0.2) is 0 Å². The van der Waals surface area contributed by atoms with Gasteiger partial charge in [-0.15, -0.1) is 0 Å². The van der Waals surface area contributed by atoms with E-state index in [0.29, 0.717) is 19.4 Å². The molecule has 2 unspecified atom stereocenters. The highest BCUT2D eigenvalue weighted by Crippen LogP contribution is 2.44. The van der Waals surface area contributed by atoms with Crippen molar-refractivity contribution in [1.29, 1.82) is 0 Å². The normalized spacial score (nSPS) is 19.7. The molecule has 4 rings (SSSR count). The monoisotopic (exact) mass is 480 g/mol. The number of rotatable bonds is 9. The first-order valence-electron chi connectivity index (χ1n) is 12.1. The first-order valence-corrected chi connectivity index (χ1v) is 12.1. The van der Waals surface area contributed by atoms with Crippen LogP contribution in [0, 0.1) is 5.92 Å². The Kier molecular flexibility index (Phi) is 7.70. The maximum Gasteiger partial charge on any atom is 0.407 e. The third kappa shape index (κ3) is 5.65. The number of carbonyl (C=O) groups excluding carboxylic acids is 2. The maximum absolute atomic E-state index is 12.4. The Hall–Kier alpha value is -3.39. The molecule has 1 saturated heterocycles. The van der Waals surface area contributed by atoms with Crippen molar-refractivity contribution < 1.29 is 29.3 Å². The molecule has 2 amide bonds. The lowest BCUT2D eigenvalue weighted by atomic mass is 9.98. The number of benzene rings is 2. The average Bonchev–Trinajstić information content (AvgIpc) is 3.39. The zero-order chi connectivity index (χ0) is 24.9. The van der Waals surface area contributed by atoms with E-state index in [1.54, 1.807) is 0 Å². The van der Waals surface area contributed by atoms with Crippen molar-refractivity contribution in [2.24, 2.45) is 5.92 Å². The van der Waals surface area contributed by atoms with Crippen LogP contribution in [0.3, 0.4) is 0 Å². The Balaban J connectivity index is 1.18. The molecule has 0 saturated carbocycles. The van der Waals surface area contributed by atoms with Crippen LogP contribution < -0.4 is 5.32 Å². The van der Waals surface area contributed by atoms with Crippen LogP contribution in [-0.2, 0) is 14.3 Å². The fourth-order valence-electron chi connectivity index (χ4n) is 5.05. The summed E-state index contributed by atoms with van der Waals surface area (Å²) in [6.45, 7) is 2.73. The maximum atomic E-state index is 12.4. The first kappa shape index (κ1) is 24.7. The summed E-state index contributed by atoms with van der Waals surface area (Å²) in [5, 5.41) is 21.8. The average molecular weight is 481 g/mol. The summed E-state index contributed by atoms with van der Waals surface area (Å²) in [5.41, 5.74) is 4.68. The smallest absolute Gasteiger partial charge is 0.407 e. The molecule has 2 aliphatic rings. The van der Waals surface area contributed by atoms with Crippen molar-refractivity contribution in [3.8, 4) is 11.1 Å². The fraction of sp³-hybridized carbons (Fsp3) is 0.444.